The van der Waals surface area contributed by atoms with Crippen LogP contribution in [0.2, 0.25) is 0 Å². The highest BCUT2D eigenvalue weighted by Crippen LogP contribution is 2.34. The van der Waals surface area contributed by atoms with Gasteiger partial charge in [0.15, 0.2) is 18.1 Å². The number of nitrogens with one attached hydrogen (secondary N) is 1. The van der Waals surface area contributed by atoms with Gasteiger partial charge < -0.3 is 20.5 Å². The highest BCUT2D eigenvalue weighted by molar-refractivity contribution is 8.18. The summed E-state index contributed by atoms with van der Waals surface area (Å²) in [6, 6.07) is 13.6. The Kier molecular flexibility index (Phi) is 7.50. The Morgan fingerprint density at radius 3 is 2.53 bits per heavy atom. The van der Waals surface area contributed by atoms with Crippen LogP contribution in [0.5, 0.6) is 11.5 Å². The predicted octanol–water partition coefficient (Wildman–Crippen LogP) is 2.62. The molecule has 1 aliphatic heterocycles. The van der Waals surface area contributed by atoms with Crippen molar-refractivity contribution in [3.8, 4) is 11.5 Å². The summed E-state index contributed by atoms with van der Waals surface area (Å²) in [7, 11) is 0. The Hall–Kier alpha value is -3.79. The molecule has 4 amide bonds. The second-order valence-corrected chi connectivity index (χ2v) is 7.57. The first-order valence-electron chi connectivity index (χ1n) is 9.65. The number of hydrogen-bond acceptors (Lipinski definition) is 7. The molecule has 0 radical (unpaired) electrons. The van der Waals surface area contributed by atoms with Crippen molar-refractivity contribution in [2.75, 3.05) is 25.1 Å². The fraction of sp³-hybridized carbons (Fsp3) is 0.182. The van der Waals surface area contributed by atoms with Crippen LogP contribution < -0.4 is 20.5 Å². The molecule has 3 N–H and O–H groups in total. The second kappa shape index (κ2) is 10.5. The maximum Gasteiger partial charge on any atom is 0.294 e. The number of ether oxygens (including phenoxy) is 2. The Morgan fingerprint density at radius 2 is 1.84 bits per heavy atom. The average molecular weight is 455 g/mol. The lowest BCUT2D eigenvalue weighted by Crippen LogP contribution is -2.36. The summed E-state index contributed by atoms with van der Waals surface area (Å²) in [6.07, 6.45) is 1.53. The molecule has 1 heterocycles. The van der Waals surface area contributed by atoms with Gasteiger partial charge in [-0.2, -0.15) is 0 Å². The first kappa shape index (κ1) is 22.9. The number of nitrogens with zero attached hydrogens (tertiary/aromatic N) is 1. The third-order valence-corrected chi connectivity index (χ3v) is 5.08. The van der Waals surface area contributed by atoms with Crippen molar-refractivity contribution in [2.45, 2.75) is 6.92 Å². The smallest absolute Gasteiger partial charge is 0.294 e. The van der Waals surface area contributed by atoms with Crippen molar-refractivity contribution in [3.05, 3.63) is 59.0 Å². The maximum absolute atomic E-state index is 12.7. The maximum atomic E-state index is 12.7. The molecule has 2 aromatic rings. The fourth-order valence-electron chi connectivity index (χ4n) is 2.80. The zero-order chi connectivity index (χ0) is 23.1. The first-order valence-corrected chi connectivity index (χ1v) is 10.5. The highest BCUT2D eigenvalue weighted by Gasteiger charge is 2.36. The molecule has 1 aliphatic rings. The largest absolute Gasteiger partial charge is 0.490 e. The molecule has 0 spiro atoms. The number of amides is 4. The van der Waals surface area contributed by atoms with Crippen molar-refractivity contribution in [1.82, 2.24) is 4.90 Å². The molecule has 9 nitrogen and oxygen atoms in total. The van der Waals surface area contributed by atoms with E-state index >= 15 is 0 Å². The van der Waals surface area contributed by atoms with E-state index in [0.717, 1.165) is 16.7 Å². The van der Waals surface area contributed by atoms with E-state index in [2.05, 4.69) is 5.32 Å². The van der Waals surface area contributed by atoms with Gasteiger partial charge in [0.2, 0.25) is 5.91 Å². The lowest BCUT2D eigenvalue weighted by Gasteiger charge is -2.12. The molecule has 10 heteroatoms. The van der Waals surface area contributed by atoms with Crippen LogP contribution in [-0.4, -0.2) is 47.6 Å². The standard InChI is InChI=1S/C22H21N3O6S/c1-2-30-17-10-14(8-9-16(17)31-13-19(23)26)11-18-21(28)25(22(29)32-18)12-20(27)24-15-6-4-3-5-7-15/h3-11H,2,12-13H2,1H3,(H2,23,26)(H,24,27)/b18-11-. The zero-order valence-electron chi connectivity index (χ0n) is 17.2. The van der Waals surface area contributed by atoms with Gasteiger partial charge >= 0.3 is 0 Å². The third-order valence-electron chi connectivity index (χ3n) is 4.17. The summed E-state index contributed by atoms with van der Waals surface area (Å²) in [4.78, 5) is 49.3. The monoisotopic (exact) mass is 455 g/mol. The van der Waals surface area contributed by atoms with E-state index in [1.165, 1.54) is 6.08 Å². The molecule has 0 aliphatic carbocycles. The van der Waals surface area contributed by atoms with Gasteiger partial charge in [0.05, 0.1) is 11.5 Å². The quantitative estimate of drug-likeness (QED) is 0.556. The molecule has 3 rings (SSSR count). The number of nitrogens with two attached hydrogens (primary N) is 1. The summed E-state index contributed by atoms with van der Waals surface area (Å²) < 4.78 is 10.8. The van der Waals surface area contributed by atoms with Crippen molar-refractivity contribution in [2.24, 2.45) is 5.73 Å². The Balaban J connectivity index is 1.72. The van der Waals surface area contributed by atoms with Crippen LogP contribution in [-0.2, 0) is 14.4 Å². The number of anilines is 1. The first-order chi connectivity index (χ1) is 15.4. The van der Waals surface area contributed by atoms with E-state index in [1.807, 2.05) is 6.07 Å². The zero-order valence-corrected chi connectivity index (χ0v) is 18.0. The van der Waals surface area contributed by atoms with E-state index in [-0.39, 0.29) is 18.1 Å². The van der Waals surface area contributed by atoms with Gasteiger partial charge in [0.1, 0.15) is 6.54 Å². The molecular weight excluding hydrogens is 434 g/mol. The van der Waals surface area contributed by atoms with Gasteiger partial charge in [-0.25, -0.2) is 0 Å². The minimum Gasteiger partial charge on any atom is -0.490 e. The summed E-state index contributed by atoms with van der Waals surface area (Å²) in [5, 5.41) is 2.11. The minimum atomic E-state index is -0.624. The number of rotatable bonds is 9. The molecule has 1 saturated heterocycles. The van der Waals surface area contributed by atoms with Crippen molar-refractivity contribution < 1.29 is 28.7 Å². The van der Waals surface area contributed by atoms with Crippen LogP contribution in [0.25, 0.3) is 6.08 Å². The van der Waals surface area contributed by atoms with Crippen LogP contribution in [0.1, 0.15) is 12.5 Å². The van der Waals surface area contributed by atoms with E-state index in [9.17, 15) is 19.2 Å². The number of imide groups is 1. The number of primary amides is 1. The van der Waals surface area contributed by atoms with Gasteiger partial charge in [0.25, 0.3) is 17.1 Å². The molecule has 1 fully saturated rings. The van der Waals surface area contributed by atoms with Gasteiger partial charge in [-0.1, -0.05) is 24.3 Å². The van der Waals surface area contributed by atoms with Crippen LogP contribution in [0.4, 0.5) is 10.5 Å². The number of hydrogen-bond donors (Lipinski definition) is 2. The molecule has 2 aromatic carbocycles. The second-order valence-electron chi connectivity index (χ2n) is 6.58. The normalized spacial score (nSPS) is 14.5. The summed E-state index contributed by atoms with van der Waals surface area (Å²) in [5.41, 5.74) is 6.26. The lowest BCUT2D eigenvalue weighted by atomic mass is 10.2. The Bertz CT molecular complexity index is 1070. The minimum absolute atomic E-state index is 0.177. The molecule has 166 valence electrons. The van der Waals surface area contributed by atoms with Crippen molar-refractivity contribution in [1.29, 1.82) is 0 Å². The Morgan fingerprint density at radius 1 is 1.09 bits per heavy atom. The molecule has 0 unspecified atom stereocenters. The molecule has 32 heavy (non-hydrogen) atoms. The van der Waals surface area contributed by atoms with E-state index in [0.29, 0.717) is 29.4 Å². The summed E-state index contributed by atoms with van der Waals surface area (Å²) in [6.45, 7) is 1.45. The topological polar surface area (TPSA) is 128 Å². The fourth-order valence-corrected chi connectivity index (χ4v) is 3.64. The molecule has 0 bridgehead atoms. The van der Waals surface area contributed by atoms with Crippen LogP contribution in [0.3, 0.4) is 0 Å². The van der Waals surface area contributed by atoms with Gasteiger partial charge in [-0.05, 0) is 54.6 Å². The number of carbonyl (C=O) groups excluding carboxylic acids is 4. The third kappa shape index (κ3) is 5.88. The van der Waals surface area contributed by atoms with Crippen molar-refractivity contribution in [3.63, 3.8) is 0 Å². The number of para-hydroxylation sites is 1. The molecule has 0 aromatic heterocycles. The van der Waals surface area contributed by atoms with Gasteiger partial charge in [0, 0.05) is 5.69 Å². The number of thioether (sulfide) groups is 1. The van der Waals surface area contributed by atoms with E-state index in [1.54, 1.807) is 49.4 Å². The predicted molar refractivity (Wildman–Crippen MR) is 120 cm³/mol. The number of benzene rings is 2. The average Bonchev–Trinajstić information content (AvgIpc) is 3.01. The lowest BCUT2D eigenvalue weighted by molar-refractivity contribution is -0.127. The van der Waals surface area contributed by atoms with Crippen LogP contribution >= 0.6 is 11.8 Å². The Labute approximate surface area is 188 Å². The summed E-state index contributed by atoms with van der Waals surface area (Å²) in [5.74, 6) is -0.969. The molecular formula is C22H21N3O6S. The number of carbonyl (C=O) groups is 4. The van der Waals surface area contributed by atoms with Gasteiger partial charge in [-0.15, -0.1) is 0 Å². The van der Waals surface area contributed by atoms with Gasteiger partial charge in [-0.3, -0.25) is 24.1 Å². The van der Waals surface area contributed by atoms with Crippen molar-refractivity contribution >= 4 is 46.5 Å². The van der Waals surface area contributed by atoms with Crippen LogP contribution in [0.15, 0.2) is 53.4 Å². The highest BCUT2D eigenvalue weighted by atomic mass is 32.2. The van der Waals surface area contributed by atoms with E-state index < -0.39 is 23.0 Å². The molecule has 0 atom stereocenters. The summed E-state index contributed by atoms with van der Waals surface area (Å²) >= 11 is 0.748. The van der Waals surface area contributed by atoms with E-state index in [4.69, 9.17) is 15.2 Å². The molecule has 0 saturated carbocycles. The van der Waals surface area contributed by atoms with Crippen LogP contribution in [0, 0.1) is 0 Å². The SMILES string of the molecule is CCOc1cc(/C=C2\SC(=O)N(CC(=O)Nc3ccccc3)C2=O)ccc1OCC(N)=O.